The first kappa shape index (κ1) is 11.6. The number of hydrogen-bond donors (Lipinski definition) is 1. The van der Waals surface area contributed by atoms with Crippen molar-refractivity contribution in [2.45, 2.75) is 6.04 Å². The molecule has 1 heterocycles. The molecule has 0 unspecified atom stereocenters. The molecule has 0 amide bonds. The number of nitrogens with zero attached hydrogens (tertiary/aromatic N) is 1. The van der Waals surface area contributed by atoms with Crippen molar-refractivity contribution in [3.63, 3.8) is 0 Å². The predicted octanol–water partition coefficient (Wildman–Crippen LogP) is 0.888. The molecular weight excluding hydrogens is 268 g/mol. The number of nitrogens with two attached hydrogens (primary N) is 1. The maximum absolute atomic E-state index is 11.0. The molecule has 2 N–H and O–H groups in total. The fourth-order valence-electron chi connectivity index (χ4n) is 1.05. The molecule has 0 aliphatic carbocycles. The second-order valence-electron chi connectivity index (χ2n) is 3.14. The zero-order valence-electron chi connectivity index (χ0n) is 7.64. The molecule has 0 saturated heterocycles. The Bertz CT molecular complexity index is 419. The van der Waals surface area contributed by atoms with Crippen LogP contribution in [0.4, 0.5) is 0 Å². The van der Waals surface area contributed by atoms with Crippen LogP contribution in [0.5, 0.6) is 0 Å². The van der Waals surface area contributed by atoms with Crippen molar-refractivity contribution in [2.24, 2.45) is 5.73 Å². The lowest BCUT2D eigenvalue weighted by molar-refractivity contribution is 0.594. The van der Waals surface area contributed by atoms with Crippen molar-refractivity contribution in [1.82, 2.24) is 4.98 Å². The average Bonchev–Trinajstić information content (AvgIpc) is 2.01. The summed E-state index contributed by atoms with van der Waals surface area (Å²) in [6, 6.07) is 1.25. The van der Waals surface area contributed by atoms with Gasteiger partial charge in [-0.1, -0.05) is 0 Å². The van der Waals surface area contributed by atoms with Crippen molar-refractivity contribution in [2.75, 3.05) is 12.0 Å². The first-order valence-corrected chi connectivity index (χ1v) is 6.77. The molecule has 1 aromatic rings. The Morgan fingerprint density at radius 2 is 2.21 bits per heavy atom. The lowest BCUT2D eigenvalue weighted by atomic mass is 10.2. The standard InChI is InChI=1S/C8H11BrN2O2S/c1-14(12,13)5-8(10)6-2-7(9)4-11-3-6/h2-4,8H,5,10H2,1H3/t8-/m1/s1. The fraction of sp³-hybridized carbons (Fsp3) is 0.375. The van der Waals surface area contributed by atoms with E-state index >= 15 is 0 Å². The Hall–Kier alpha value is -0.460. The molecule has 0 spiro atoms. The van der Waals surface area contributed by atoms with Gasteiger partial charge in [0.25, 0.3) is 0 Å². The quantitative estimate of drug-likeness (QED) is 0.891. The Balaban J connectivity index is 2.85. The van der Waals surface area contributed by atoms with Crippen molar-refractivity contribution in [3.05, 3.63) is 28.5 Å². The van der Waals surface area contributed by atoms with Crippen LogP contribution in [-0.4, -0.2) is 25.4 Å². The summed E-state index contributed by atoms with van der Waals surface area (Å²) < 4.78 is 22.8. The molecule has 0 aliphatic heterocycles. The van der Waals surface area contributed by atoms with Crippen LogP contribution in [0.2, 0.25) is 0 Å². The SMILES string of the molecule is CS(=O)(=O)C[C@@H](N)c1cncc(Br)c1. The van der Waals surface area contributed by atoms with E-state index in [1.165, 1.54) is 0 Å². The van der Waals surface area contributed by atoms with Crippen LogP contribution in [0.15, 0.2) is 22.9 Å². The van der Waals surface area contributed by atoms with Gasteiger partial charge in [0.05, 0.1) is 5.75 Å². The van der Waals surface area contributed by atoms with Gasteiger partial charge in [-0.3, -0.25) is 4.98 Å². The van der Waals surface area contributed by atoms with E-state index in [-0.39, 0.29) is 5.75 Å². The van der Waals surface area contributed by atoms with Crippen LogP contribution < -0.4 is 5.73 Å². The van der Waals surface area contributed by atoms with E-state index in [4.69, 9.17) is 5.73 Å². The summed E-state index contributed by atoms with van der Waals surface area (Å²) in [7, 11) is -3.05. The number of aromatic nitrogens is 1. The first-order valence-electron chi connectivity index (χ1n) is 3.92. The largest absolute Gasteiger partial charge is 0.323 e. The molecule has 0 aromatic carbocycles. The van der Waals surface area contributed by atoms with Crippen LogP contribution in [-0.2, 0) is 9.84 Å². The second kappa shape index (κ2) is 4.37. The highest BCUT2D eigenvalue weighted by Gasteiger charge is 2.13. The number of rotatable bonds is 3. The van der Waals surface area contributed by atoms with E-state index < -0.39 is 15.9 Å². The van der Waals surface area contributed by atoms with E-state index in [9.17, 15) is 8.42 Å². The van der Waals surface area contributed by atoms with Crippen molar-refractivity contribution in [1.29, 1.82) is 0 Å². The van der Waals surface area contributed by atoms with Crippen LogP contribution >= 0.6 is 15.9 Å². The average molecular weight is 279 g/mol. The zero-order valence-corrected chi connectivity index (χ0v) is 10.0. The summed E-state index contributed by atoms with van der Waals surface area (Å²) in [5.74, 6) is -0.0644. The molecule has 1 aromatic heterocycles. The Morgan fingerprint density at radius 3 is 2.71 bits per heavy atom. The predicted molar refractivity (Wildman–Crippen MR) is 58.6 cm³/mol. The highest BCUT2D eigenvalue weighted by atomic mass is 79.9. The molecule has 78 valence electrons. The van der Waals surface area contributed by atoms with Gasteiger partial charge in [0, 0.05) is 29.2 Å². The summed E-state index contributed by atoms with van der Waals surface area (Å²) in [6.07, 6.45) is 4.36. The van der Waals surface area contributed by atoms with Gasteiger partial charge < -0.3 is 5.73 Å². The van der Waals surface area contributed by atoms with E-state index in [1.54, 1.807) is 18.5 Å². The number of halogens is 1. The molecular formula is C8H11BrN2O2S. The monoisotopic (exact) mass is 278 g/mol. The van der Waals surface area contributed by atoms with Gasteiger partial charge in [-0.25, -0.2) is 8.42 Å². The van der Waals surface area contributed by atoms with Gasteiger partial charge in [-0.15, -0.1) is 0 Å². The highest BCUT2D eigenvalue weighted by molar-refractivity contribution is 9.10. The molecule has 14 heavy (non-hydrogen) atoms. The first-order chi connectivity index (χ1) is 6.38. The maximum atomic E-state index is 11.0. The smallest absolute Gasteiger partial charge is 0.149 e. The van der Waals surface area contributed by atoms with Gasteiger partial charge in [0.15, 0.2) is 0 Å². The molecule has 0 bridgehead atoms. The number of hydrogen-bond acceptors (Lipinski definition) is 4. The second-order valence-corrected chi connectivity index (χ2v) is 6.24. The summed E-state index contributed by atoms with van der Waals surface area (Å²) in [5.41, 5.74) is 6.42. The maximum Gasteiger partial charge on any atom is 0.149 e. The summed E-state index contributed by atoms with van der Waals surface area (Å²) in [6.45, 7) is 0. The normalized spacial score (nSPS) is 13.9. The molecule has 1 atom stereocenters. The van der Waals surface area contributed by atoms with E-state index in [2.05, 4.69) is 20.9 Å². The van der Waals surface area contributed by atoms with Crippen LogP contribution in [0.1, 0.15) is 11.6 Å². The van der Waals surface area contributed by atoms with Gasteiger partial charge >= 0.3 is 0 Å². The minimum absolute atomic E-state index is 0.0644. The van der Waals surface area contributed by atoms with E-state index in [0.29, 0.717) is 5.56 Å². The fourth-order valence-corrected chi connectivity index (χ4v) is 2.28. The van der Waals surface area contributed by atoms with E-state index in [1.807, 2.05) is 0 Å². The third-order valence-corrected chi connectivity index (χ3v) is 3.03. The third-order valence-electron chi connectivity index (χ3n) is 1.64. The highest BCUT2D eigenvalue weighted by Crippen LogP contribution is 2.15. The molecule has 0 fully saturated rings. The lowest BCUT2D eigenvalue weighted by Gasteiger charge is -2.09. The topological polar surface area (TPSA) is 73.0 Å². The Kier molecular flexibility index (Phi) is 3.63. The number of sulfone groups is 1. The van der Waals surface area contributed by atoms with Gasteiger partial charge in [-0.2, -0.15) is 0 Å². The van der Waals surface area contributed by atoms with Crippen LogP contribution in [0.25, 0.3) is 0 Å². The van der Waals surface area contributed by atoms with Crippen molar-refractivity contribution >= 4 is 25.8 Å². The molecule has 1 rings (SSSR count). The minimum atomic E-state index is -3.05. The third kappa shape index (κ3) is 3.73. The van der Waals surface area contributed by atoms with Crippen molar-refractivity contribution in [3.8, 4) is 0 Å². The van der Waals surface area contributed by atoms with Gasteiger partial charge in [0.1, 0.15) is 9.84 Å². The summed E-state index contributed by atoms with van der Waals surface area (Å²) >= 11 is 3.24. The van der Waals surface area contributed by atoms with E-state index in [0.717, 1.165) is 10.7 Å². The lowest BCUT2D eigenvalue weighted by Crippen LogP contribution is -2.20. The molecule has 0 aliphatic rings. The van der Waals surface area contributed by atoms with Gasteiger partial charge in [0.2, 0.25) is 0 Å². The van der Waals surface area contributed by atoms with Crippen LogP contribution in [0.3, 0.4) is 0 Å². The summed E-state index contributed by atoms with van der Waals surface area (Å²) in [5, 5.41) is 0. The zero-order chi connectivity index (χ0) is 10.8. The molecule has 6 heteroatoms. The Labute approximate surface area is 91.6 Å². The molecule has 0 radical (unpaired) electrons. The van der Waals surface area contributed by atoms with Crippen LogP contribution in [0, 0.1) is 0 Å². The Morgan fingerprint density at radius 1 is 1.57 bits per heavy atom. The van der Waals surface area contributed by atoms with Gasteiger partial charge in [-0.05, 0) is 27.6 Å². The summed E-state index contributed by atoms with van der Waals surface area (Å²) in [4.78, 5) is 3.91. The number of pyridine rings is 1. The van der Waals surface area contributed by atoms with Crippen molar-refractivity contribution < 1.29 is 8.42 Å². The minimum Gasteiger partial charge on any atom is -0.323 e. The molecule has 0 saturated carbocycles. The molecule has 4 nitrogen and oxygen atoms in total.